The molecular formula is C30H32N2O. The Morgan fingerprint density at radius 1 is 0.758 bits per heavy atom. The number of allylic oxidation sites excluding steroid dienone is 1. The molecule has 33 heavy (non-hydrogen) atoms. The predicted molar refractivity (Wildman–Crippen MR) is 135 cm³/mol. The lowest BCUT2D eigenvalue weighted by Crippen LogP contribution is -2.42. The average molecular weight is 437 g/mol. The summed E-state index contributed by atoms with van der Waals surface area (Å²) in [7, 11) is 0. The van der Waals surface area contributed by atoms with Crippen LogP contribution in [-0.2, 0) is 4.79 Å². The monoisotopic (exact) mass is 436 g/mol. The normalized spacial score (nSPS) is 20.1. The number of likely N-dealkylation sites (tertiary alicyclic amines) is 1. The van der Waals surface area contributed by atoms with Crippen molar-refractivity contribution in [3.05, 3.63) is 108 Å². The van der Waals surface area contributed by atoms with E-state index in [-0.39, 0.29) is 17.9 Å². The van der Waals surface area contributed by atoms with Crippen molar-refractivity contribution in [3.63, 3.8) is 0 Å². The fourth-order valence-corrected chi connectivity index (χ4v) is 5.18. The summed E-state index contributed by atoms with van der Waals surface area (Å²) in [6, 6.07) is 29.6. The first-order chi connectivity index (χ1) is 16.3. The first kappa shape index (κ1) is 21.7. The lowest BCUT2D eigenvalue weighted by molar-refractivity contribution is -0.134. The quantitative estimate of drug-likeness (QED) is 0.438. The molecule has 3 heteroatoms. The number of hydrogen-bond donors (Lipinski definition) is 0. The summed E-state index contributed by atoms with van der Waals surface area (Å²) in [5.74, 6) is 0.0962. The summed E-state index contributed by atoms with van der Waals surface area (Å²) in [6.45, 7) is 3.84. The standard InChI is InChI=1S/C30H32N2O/c33-30-28(26-18-16-25(17-19-26)24-11-3-1-4-12-24)15-7-8-22-32(30)29(23-31-20-9-10-21-31)27-13-5-2-6-14-27/h1-8,11-14,16-19,28-29H,9-10,15,20-23H2. The van der Waals surface area contributed by atoms with E-state index in [0.29, 0.717) is 6.54 Å². The van der Waals surface area contributed by atoms with Crippen molar-refractivity contribution in [2.75, 3.05) is 26.2 Å². The summed E-state index contributed by atoms with van der Waals surface area (Å²) >= 11 is 0. The predicted octanol–water partition coefficient (Wildman–Crippen LogP) is 6.06. The van der Waals surface area contributed by atoms with Gasteiger partial charge in [-0.05, 0) is 54.6 Å². The van der Waals surface area contributed by atoms with Crippen molar-refractivity contribution in [1.82, 2.24) is 9.80 Å². The Morgan fingerprint density at radius 2 is 1.39 bits per heavy atom. The Balaban J connectivity index is 1.42. The molecule has 5 rings (SSSR count). The van der Waals surface area contributed by atoms with Crippen LogP contribution in [0.15, 0.2) is 97.1 Å². The SMILES string of the molecule is O=C1C(c2ccc(-c3ccccc3)cc2)CC=CCN1C(CN1CCCC1)c1ccccc1. The Hall–Kier alpha value is -3.17. The molecule has 0 saturated carbocycles. The molecule has 3 aromatic carbocycles. The van der Waals surface area contributed by atoms with Crippen LogP contribution in [-0.4, -0.2) is 41.9 Å². The fourth-order valence-electron chi connectivity index (χ4n) is 5.18. The van der Waals surface area contributed by atoms with E-state index in [1.54, 1.807) is 0 Å². The lowest BCUT2D eigenvalue weighted by atomic mass is 9.92. The molecule has 0 N–H and O–H groups in total. The molecule has 2 aliphatic heterocycles. The number of carbonyl (C=O) groups excluding carboxylic acids is 1. The van der Waals surface area contributed by atoms with E-state index < -0.39 is 0 Å². The van der Waals surface area contributed by atoms with Gasteiger partial charge in [0.15, 0.2) is 0 Å². The molecule has 1 amide bonds. The number of amides is 1. The van der Waals surface area contributed by atoms with Crippen LogP contribution in [0.1, 0.15) is 42.3 Å². The highest BCUT2D eigenvalue weighted by molar-refractivity contribution is 5.85. The van der Waals surface area contributed by atoms with E-state index in [1.807, 2.05) is 6.07 Å². The first-order valence-corrected chi connectivity index (χ1v) is 12.2. The molecule has 0 bridgehead atoms. The molecule has 2 heterocycles. The zero-order chi connectivity index (χ0) is 22.5. The van der Waals surface area contributed by atoms with Crippen LogP contribution in [0.2, 0.25) is 0 Å². The second-order valence-electron chi connectivity index (χ2n) is 9.17. The van der Waals surface area contributed by atoms with Crippen LogP contribution in [0.5, 0.6) is 0 Å². The van der Waals surface area contributed by atoms with Crippen molar-refractivity contribution >= 4 is 5.91 Å². The van der Waals surface area contributed by atoms with Gasteiger partial charge in [-0.3, -0.25) is 4.79 Å². The van der Waals surface area contributed by atoms with Crippen LogP contribution in [0.4, 0.5) is 0 Å². The lowest BCUT2D eigenvalue weighted by Gasteiger charge is -2.35. The van der Waals surface area contributed by atoms with E-state index >= 15 is 0 Å². The minimum atomic E-state index is -0.140. The minimum Gasteiger partial charge on any atom is -0.330 e. The van der Waals surface area contributed by atoms with Crippen LogP contribution in [0, 0.1) is 0 Å². The fraction of sp³-hybridized carbons (Fsp3) is 0.300. The molecule has 2 aliphatic rings. The second kappa shape index (κ2) is 10.2. The highest BCUT2D eigenvalue weighted by Crippen LogP contribution is 2.33. The molecule has 3 aromatic rings. The topological polar surface area (TPSA) is 23.6 Å². The van der Waals surface area contributed by atoms with Gasteiger partial charge in [-0.1, -0.05) is 97.1 Å². The summed E-state index contributed by atoms with van der Waals surface area (Å²) in [6.07, 6.45) is 7.63. The van der Waals surface area contributed by atoms with Crippen molar-refractivity contribution < 1.29 is 4.79 Å². The molecule has 0 spiro atoms. The Labute approximate surface area is 197 Å². The zero-order valence-corrected chi connectivity index (χ0v) is 19.1. The molecule has 0 aliphatic carbocycles. The number of hydrogen-bond acceptors (Lipinski definition) is 2. The van der Waals surface area contributed by atoms with Gasteiger partial charge in [0.25, 0.3) is 0 Å². The van der Waals surface area contributed by atoms with Gasteiger partial charge < -0.3 is 9.80 Å². The first-order valence-electron chi connectivity index (χ1n) is 12.2. The maximum absolute atomic E-state index is 14.0. The van der Waals surface area contributed by atoms with Gasteiger partial charge in [0, 0.05) is 13.1 Å². The van der Waals surface area contributed by atoms with Gasteiger partial charge in [0.1, 0.15) is 0 Å². The highest BCUT2D eigenvalue weighted by Gasteiger charge is 2.33. The van der Waals surface area contributed by atoms with E-state index in [1.165, 1.54) is 29.5 Å². The summed E-state index contributed by atoms with van der Waals surface area (Å²) < 4.78 is 0. The largest absolute Gasteiger partial charge is 0.330 e. The van der Waals surface area contributed by atoms with Gasteiger partial charge in [-0.15, -0.1) is 0 Å². The number of rotatable bonds is 6. The maximum Gasteiger partial charge on any atom is 0.231 e. The molecule has 1 saturated heterocycles. The minimum absolute atomic E-state index is 0.0747. The number of nitrogens with zero attached hydrogens (tertiary/aromatic N) is 2. The third-order valence-electron chi connectivity index (χ3n) is 7.03. The van der Waals surface area contributed by atoms with Gasteiger partial charge in [0.2, 0.25) is 5.91 Å². The maximum atomic E-state index is 14.0. The molecule has 168 valence electrons. The van der Waals surface area contributed by atoms with Crippen molar-refractivity contribution in [2.24, 2.45) is 0 Å². The van der Waals surface area contributed by atoms with Crippen LogP contribution in [0.3, 0.4) is 0 Å². The Kier molecular flexibility index (Phi) is 6.68. The molecule has 3 nitrogen and oxygen atoms in total. The van der Waals surface area contributed by atoms with Crippen molar-refractivity contribution in [1.29, 1.82) is 0 Å². The molecule has 1 fully saturated rings. The Bertz CT molecular complexity index is 1070. The summed E-state index contributed by atoms with van der Waals surface area (Å²) in [4.78, 5) is 18.6. The van der Waals surface area contributed by atoms with Gasteiger partial charge >= 0.3 is 0 Å². The van der Waals surface area contributed by atoms with E-state index in [9.17, 15) is 4.79 Å². The van der Waals surface area contributed by atoms with Crippen LogP contribution >= 0.6 is 0 Å². The van der Waals surface area contributed by atoms with Gasteiger partial charge in [-0.25, -0.2) is 0 Å². The van der Waals surface area contributed by atoms with Crippen molar-refractivity contribution in [2.45, 2.75) is 31.2 Å². The molecule has 2 unspecified atom stereocenters. The zero-order valence-electron chi connectivity index (χ0n) is 19.1. The summed E-state index contributed by atoms with van der Waals surface area (Å²) in [5, 5.41) is 0. The third kappa shape index (κ3) is 4.94. The van der Waals surface area contributed by atoms with E-state index in [0.717, 1.165) is 31.6 Å². The molecular weight excluding hydrogens is 404 g/mol. The van der Waals surface area contributed by atoms with E-state index in [4.69, 9.17) is 0 Å². The number of benzene rings is 3. The van der Waals surface area contributed by atoms with Gasteiger partial charge in [-0.2, -0.15) is 0 Å². The number of carbonyl (C=O) groups is 1. The van der Waals surface area contributed by atoms with Crippen LogP contribution < -0.4 is 0 Å². The van der Waals surface area contributed by atoms with E-state index in [2.05, 4.69) is 101 Å². The second-order valence-corrected chi connectivity index (χ2v) is 9.17. The Morgan fingerprint density at radius 3 is 2.09 bits per heavy atom. The van der Waals surface area contributed by atoms with Gasteiger partial charge in [0.05, 0.1) is 12.0 Å². The molecule has 0 radical (unpaired) electrons. The average Bonchev–Trinajstić information content (AvgIpc) is 3.32. The summed E-state index contributed by atoms with van der Waals surface area (Å²) in [5.41, 5.74) is 4.71. The van der Waals surface area contributed by atoms with Crippen LogP contribution in [0.25, 0.3) is 11.1 Å². The highest BCUT2D eigenvalue weighted by atomic mass is 16.2. The smallest absolute Gasteiger partial charge is 0.231 e. The third-order valence-corrected chi connectivity index (χ3v) is 7.03. The molecule has 2 atom stereocenters. The molecule has 0 aromatic heterocycles. The van der Waals surface area contributed by atoms with Crippen molar-refractivity contribution in [3.8, 4) is 11.1 Å².